The van der Waals surface area contributed by atoms with Crippen LogP contribution in [0.3, 0.4) is 0 Å². The molecule has 0 unspecified atom stereocenters. The highest BCUT2D eigenvalue weighted by Crippen LogP contribution is 2.47. The van der Waals surface area contributed by atoms with Crippen LogP contribution in [-0.2, 0) is 25.7 Å². The van der Waals surface area contributed by atoms with Crippen LogP contribution in [0.15, 0.2) is 53.1 Å². The van der Waals surface area contributed by atoms with Crippen LogP contribution in [0.5, 0.6) is 11.5 Å². The van der Waals surface area contributed by atoms with Gasteiger partial charge < -0.3 is 24.7 Å². The fourth-order valence-electron chi connectivity index (χ4n) is 4.34. The minimum atomic E-state index is -0.745. The molecule has 1 atom stereocenters. The third kappa shape index (κ3) is 5.31. The molecule has 7 nitrogen and oxygen atoms in total. The van der Waals surface area contributed by atoms with Crippen LogP contribution in [0, 0.1) is 3.57 Å². The minimum absolute atomic E-state index is 0.0618. The van der Waals surface area contributed by atoms with Gasteiger partial charge in [0.15, 0.2) is 17.3 Å². The van der Waals surface area contributed by atoms with Crippen LogP contribution in [0.4, 0.5) is 0 Å². The molecule has 0 spiro atoms. The first kappa shape index (κ1) is 26.6. The first-order valence-electron chi connectivity index (χ1n) is 11.3. The van der Waals surface area contributed by atoms with E-state index in [1.807, 2.05) is 19.1 Å². The van der Waals surface area contributed by atoms with Crippen molar-refractivity contribution in [2.75, 3.05) is 13.7 Å². The molecular weight excluding hydrogens is 620 g/mol. The van der Waals surface area contributed by atoms with E-state index < -0.39 is 11.9 Å². The lowest BCUT2D eigenvalue weighted by Crippen LogP contribution is -2.31. The number of halogens is 3. The monoisotopic (exact) mass is 643 g/mol. The van der Waals surface area contributed by atoms with E-state index in [4.69, 9.17) is 47.9 Å². The van der Waals surface area contributed by atoms with Gasteiger partial charge in [-0.25, -0.2) is 4.79 Å². The molecular formula is C26H24Cl2INO6. The number of hydrogen-bond acceptors (Lipinski definition) is 7. The second kappa shape index (κ2) is 11.3. The van der Waals surface area contributed by atoms with E-state index in [2.05, 4.69) is 22.6 Å². The Labute approximate surface area is 232 Å². The third-order valence-electron chi connectivity index (χ3n) is 5.92. The number of nitrogens with two attached hydrogens (primary N) is 1. The van der Waals surface area contributed by atoms with E-state index in [1.54, 1.807) is 18.2 Å². The van der Waals surface area contributed by atoms with Gasteiger partial charge in [-0.05, 0) is 71.3 Å². The third-order valence-corrected chi connectivity index (χ3v) is 7.46. The zero-order valence-corrected chi connectivity index (χ0v) is 23.3. The molecule has 1 aliphatic heterocycles. The van der Waals surface area contributed by atoms with Crippen molar-refractivity contribution >= 4 is 57.5 Å². The Kier molecular flexibility index (Phi) is 8.37. The molecule has 0 radical (unpaired) electrons. The van der Waals surface area contributed by atoms with Crippen molar-refractivity contribution in [2.24, 2.45) is 5.73 Å². The molecule has 0 fully saturated rings. The standard InChI is InChI=1S/C26H24Cl2INO6/c1-3-34-20-11-14(10-17(29)24(20)35-12-13-7-8-15(27)16(28)9-13)21-22-18(31)5-4-6-19(22)36-25(30)23(21)26(32)33-2/h7-11,21H,3-6,12,30H2,1-2H3/t21-/m1/s1. The number of methoxy groups -OCH3 is 1. The largest absolute Gasteiger partial charge is 0.490 e. The van der Waals surface area contributed by atoms with Crippen LogP contribution in [0.25, 0.3) is 0 Å². The van der Waals surface area contributed by atoms with Crippen molar-refractivity contribution in [2.45, 2.75) is 38.7 Å². The molecule has 2 N–H and O–H groups in total. The number of hydrogen-bond donors (Lipinski definition) is 1. The van der Waals surface area contributed by atoms with Gasteiger partial charge in [0.2, 0.25) is 5.88 Å². The number of esters is 1. The Morgan fingerprint density at radius 2 is 1.94 bits per heavy atom. The maximum Gasteiger partial charge on any atom is 0.340 e. The summed E-state index contributed by atoms with van der Waals surface area (Å²) in [5, 5.41) is 0.902. The van der Waals surface area contributed by atoms with E-state index in [1.165, 1.54) is 7.11 Å². The Bertz CT molecular complexity index is 1290. The Morgan fingerprint density at radius 3 is 2.64 bits per heavy atom. The van der Waals surface area contributed by atoms with E-state index in [-0.39, 0.29) is 23.8 Å². The van der Waals surface area contributed by atoms with Gasteiger partial charge in [0.25, 0.3) is 0 Å². The lowest BCUT2D eigenvalue weighted by molar-refractivity contribution is -0.136. The highest BCUT2D eigenvalue weighted by Gasteiger charge is 2.41. The van der Waals surface area contributed by atoms with Crippen molar-refractivity contribution in [3.8, 4) is 11.5 Å². The molecule has 10 heteroatoms. The first-order valence-corrected chi connectivity index (χ1v) is 13.1. The van der Waals surface area contributed by atoms with Crippen LogP contribution >= 0.6 is 45.8 Å². The number of ketones is 1. The maximum atomic E-state index is 13.0. The molecule has 1 heterocycles. The van der Waals surface area contributed by atoms with Gasteiger partial charge in [-0.1, -0.05) is 29.3 Å². The van der Waals surface area contributed by atoms with Gasteiger partial charge in [0, 0.05) is 18.4 Å². The lowest BCUT2D eigenvalue weighted by atomic mass is 9.77. The van der Waals surface area contributed by atoms with Crippen molar-refractivity contribution in [1.82, 2.24) is 0 Å². The minimum Gasteiger partial charge on any atom is -0.490 e. The number of Topliss-reactive ketones (excluding diaryl/α,β-unsaturated/α-hetero) is 1. The number of benzene rings is 2. The Morgan fingerprint density at radius 1 is 1.17 bits per heavy atom. The first-order chi connectivity index (χ1) is 17.2. The number of allylic oxidation sites excluding steroid dienone is 2. The normalized spacial score (nSPS) is 17.5. The van der Waals surface area contributed by atoms with Crippen LogP contribution in [0.1, 0.15) is 43.2 Å². The van der Waals surface area contributed by atoms with Crippen LogP contribution < -0.4 is 15.2 Å². The molecule has 0 aromatic heterocycles. The van der Waals surface area contributed by atoms with E-state index >= 15 is 0 Å². The number of ether oxygens (including phenoxy) is 4. The summed E-state index contributed by atoms with van der Waals surface area (Å²) in [5.41, 5.74) is 8.18. The summed E-state index contributed by atoms with van der Waals surface area (Å²) in [6, 6.07) is 8.91. The van der Waals surface area contributed by atoms with Crippen molar-refractivity contribution in [3.05, 3.63) is 77.9 Å². The maximum absolute atomic E-state index is 13.0. The highest BCUT2D eigenvalue weighted by molar-refractivity contribution is 14.1. The van der Waals surface area contributed by atoms with Crippen LogP contribution in [0.2, 0.25) is 10.0 Å². The summed E-state index contributed by atoms with van der Waals surface area (Å²) in [6.45, 7) is 2.47. The summed E-state index contributed by atoms with van der Waals surface area (Å²) < 4.78 is 23.5. The predicted octanol–water partition coefficient (Wildman–Crippen LogP) is 6.04. The summed E-state index contributed by atoms with van der Waals surface area (Å²) in [5.74, 6) is -0.0500. The van der Waals surface area contributed by atoms with Gasteiger partial charge in [-0.15, -0.1) is 0 Å². The average molecular weight is 644 g/mol. The topological polar surface area (TPSA) is 97.1 Å². The molecule has 2 aromatic carbocycles. The van der Waals surface area contributed by atoms with Crippen molar-refractivity contribution in [1.29, 1.82) is 0 Å². The molecule has 0 saturated heterocycles. The molecule has 36 heavy (non-hydrogen) atoms. The van der Waals surface area contributed by atoms with E-state index in [0.29, 0.717) is 64.3 Å². The molecule has 1 aliphatic carbocycles. The summed E-state index contributed by atoms with van der Waals surface area (Å²) in [4.78, 5) is 25.8. The van der Waals surface area contributed by atoms with E-state index in [9.17, 15) is 9.59 Å². The molecule has 0 bridgehead atoms. The lowest BCUT2D eigenvalue weighted by Gasteiger charge is -2.32. The number of carbonyl (C=O) groups is 2. The number of carbonyl (C=O) groups excluding carboxylic acids is 2. The Balaban J connectivity index is 1.78. The number of rotatable bonds is 7. The van der Waals surface area contributed by atoms with Gasteiger partial charge in [-0.2, -0.15) is 0 Å². The zero-order chi connectivity index (χ0) is 26.0. The van der Waals surface area contributed by atoms with Gasteiger partial charge in [-0.3, -0.25) is 4.79 Å². The quantitative estimate of drug-likeness (QED) is 0.290. The second-order valence-electron chi connectivity index (χ2n) is 8.22. The Hall–Kier alpha value is -2.43. The second-order valence-corrected chi connectivity index (χ2v) is 10.2. The van der Waals surface area contributed by atoms with Gasteiger partial charge in [0.1, 0.15) is 17.9 Å². The molecule has 4 rings (SSSR count). The van der Waals surface area contributed by atoms with E-state index in [0.717, 1.165) is 9.13 Å². The highest BCUT2D eigenvalue weighted by atomic mass is 127. The molecule has 2 aliphatic rings. The van der Waals surface area contributed by atoms with Crippen molar-refractivity contribution < 1.29 is 28.5 Å². The fourth-order valence-corrected chi connectivity index (χ4v) is 5.44. The SMILES string of the molecule is CCOc1cc([C@H]2C(C(=O)OC)=C(N)OC3=C2C(=O)CCC3)cc(I)c1OCc1ccc(Cl)c(Cl)c1. The average Bonchev–Trinajstić information content (AvgIpc) is 2.84. The molecule has 0 amide bonds. The molecule has 190 valence electrons. The summed E-state index contributed by atoms with van der Waals surface area (Å²) in [6.07, 6.45) is 1.59. The molecule has 0 saturated carbocycles. The summed E-state index contributed by atoms with van der Waals surface area (Å²) >= 11 is 14.3. The summed E-state index contributed by atoms with van der Waals surface area (Å²) in [7, 11) is 1.27. The zero-order valence-electron chi connectivity index (χ0n) is 19.7. The predicted molar refractivity (Wildman–Crippen MR) is 144 cm³/mol. The smallest absolute Gasteiger partial charge is 0.340 e. The van der Waals surface area contributed by atoms with Gasteiger partial charge in [0.05, 0.1) is 33.3 Å². The molecule has 2 aromatic rings. The van der Waals surface area contributed by atoms with Gasteiger partial charge >= 0.3 is 5.97 Å². The van der Waals surface area contributed by atoms with Crippen molar-refractivity contribution in [3.63, 3.8) is 0 Å². The van der Waals surface area contributed by atoms with Crippen LogP contribution in [-0.4, -0.2) is 25.5 Å². The fraction of sp³-hybridized carbons (Fsp3) is 0.308.